The summed E-state index contributed by atoms with van der Waals surface area (Å²) in [5.41, 5.74) is 6.23. The van der Waals surface area contributed by atoms with Crippen molar-refractivity contribution in [3.63, 3.8) is 0 Å². The van der Waals surface area contributed by atoms with E-state index in [4.69, 9.17) is 4.74 Å². The molecule has 140 valence electrons. The van der Waals surface area contributed by atoms with Crippen molar-refractivity contribution < 1.29 is 9.53 Å². The molecule has 5 nitrogen and oxygen atoms in total. The van der Waals surface area contributed by atoms with Gasteiger partial charge in [-0.2, -0.15) is 5.10 Å². The average molecular weight is 355 g/mol. The quantitative estimate of drug-likeness (QED) is 0.772. The third kappa shape index (κ3) is 4.33. The monoisotopic (exact) mass is 355 g/mol. The van der Waals surface area contributed by atoms with Gasteiger partial charge in [0.25, 0.3) is 0 Å². The summed E-state index contributed by atoms with van der Waals surface area (Å²) in [6.07, 6.45) is 4.68. The number of nitrogens with one attached hydrogen (secondary N) is 1. The van der Waals surface area contributed by atoms with Crippen LogP contribution in [0.4, 0.5) is 0 Å². The van der Waals surface area contributed by atoms with Gasteiger partial charge in [0.2, 0.25) is 0 Å². The molecule has 0 amide bonds. The Morgan fingerprint density at radius 3 is 2.69 bits per heavy atom. The molecule has 2 aromatic rings. The van der Waals surface area contributed by atoms with Crippen LogP contribution in [0.25, 0.3) is 0 Å². The third-order valence-corrected chi connectivity index (χ3v) is 5.50. The summed E-state index contributed by atoms with van der Waals surface area (Å²) in [5.74, 6) is -0.152. The second-order valence-electron chi connectivity index (χ2n) is 7.17. The predicted octanol–water partition coefficient (Wildman–Crippen LogP) is 3.51. The standard InChI is InChI=1S/C21H29N3O2/c1-15-19(16(2)23-22-15)12-14-24-13-4-5-20(24)18-9-6-17(7-10-18)8-11-21(25)26-3/h6-7,9-10,20H,4-5,8,11-14H2,1-3H3,(H,22,23)/t20-/m0/s1. The Morgan fingerprint density at radius 2 is 2.04 bits per heavy atom. The number of H-pyrrole nitrogens is 1. The second-order valence-corrected chi connectivity index (χ2v) is 7.17. The van der Waals surface area contributed by atoms with Gasteiger partial charge in [0, 0.05) is 24.7 Å². The number of aromatic nitrogens is 2. The van der Waals surface area contributed by atoms with E-state index in [1.165, 1.54) is 42.3 Å². The molecule has 0 spiro atoms. The molecule has 1 aromatic carbocycles. The fourth-order valence-corrected chi connectivity index (χ4v) is 3.92. The maximum absolute atomic E-state index is 11.3. The fraction of sp³-hybridized carbons (Fsp3) is 0.524. The number of ether oxygens (including phenoxy) is 1. The minimum atomic E-state index is -0.152. The molecule has 1 aliphatic heterocycles. The van der Waals surface area contributed by atoms with Gasteiger partial charge in [-0.3, -0.25) is 14.8 Å². The lowest BCUT2D eigenvalue weighted by atomic mass is 10.0. The highest BCUT2D eigenvalue weighted by molar-refractivity contribution is 5.69. The topological polar surface area (TPSA) is 58.2 Å². The maximum Gasteiger partial charge on any atom is 0.305 e. The lowest BCUT2D eigenvalue weighted by Crippen LogP contribution is -2.26. The first-order chi connectivity index (χ1) is 12.6. The molecular formula is C21H29N3O2. The second kappa shape index (κ2) is 8.49. The minimum Gasteiger partial charge on any atom is -0.469 e. The molecule has 26 heavy (non-hydrogen) atoms. The molecule has 0 radical (unpaired) electrons. The van der Waals surface area contributed by atoms with Crippen LogP contribution in [0.3, 0.4) is 0 Å². The largest absolute Gasteiger partial charge is 0.469 e. The molecule has 0 bridgehead atoms. The van der Waals surface area contributed by atoms with Gasteiger partial charge in [0.05, 0.1) is 12.8 Å². The van der Waals surface area contributed by atoms with Crippen LogP contribution in [0.5, 0.6) is 0 Å². The van der Waals surface area contributed by atoms with E-state index in [0.717, 1.165) is 31.6 Å². The van der Waals surface area contributed by atoms with Crippen molar-refractivity contribution in [2.75, 3.05) is 20.2 Å². The van der Waals surface area contributed by atoms with Gasteiger partial charge in [0.15, 0.2) is 0 Å². The van der Waals surface area contributed by atoms with Gasteiger partial charge in [-0.15, -0.1) is 0 Å². The fourth-order valence-electron chi connectivity index (χ4n) is 3.92. The van der Waals surface area contributed by atoms with Crippen LogP contribution in [0.1, 0.15) is 53.4 Å². The van der Waals surface area contributed by atoms with Crippen LogP contribution in [0.2, 0.25) is 0 Å². The maximum atomic E-state index is 11.3. The van der Waals surface area contributed by atoms with E-state index in [2.05, 4.69) is 53.2 Å². The zero-order chi connectivity index (χ0) is 18.5. The summed E-state index contributed by atoms with van der Waals surface area (Å²) in [6.45, 7) is 6.40. The van der Waals surface area contributed by atoms with Gasteiger partial charge in [-0.1, -0.05) is 24.3 Å². The lowest BCUT2D eigenvalue weighted by Gasteiger charge is -2.25. The molecule has 1 N–H and O–H groups in total. The summed E-state index contributed by atoms with van der Waals surface area (Å²) >= 11 is 0. The Kier molecular flexibility index (Phi) is 6.09. The average Bonchev–Trinajstić information content (AvgIpc) is 3.25. The van der Waals surface area contributed by atoms with Crippen molar-refractivity contribution in [3.05, 3.63) is 52.3 Å². The minimum absolute atomic E-state index is 0.152. The van der Waals surface area contributed by atoms with Gasteiger partial charge in [0.1, 0.15) is 0 Å². The zero-order valence-electron chi connectivity index (χ0n) is 16.0. The summed E-state index contributed by atoms with van der Waals surface area (Å²) in [5, 5.41) is 7.39. The van der Waals surface area contributed by atoms with Gasteiger partial charge in [-0.25, -0.2) is 0 Å². The van der Waals surface area contributed by atoms with Crippen molar-refractivity contribution in [1.29, 1.82) is 0 Å². The van der Waals surface area contributed by atoms with Crippen molar-refractivity contribution >= 4 is 5.97 Å². The number of aromatic amines is 1. The number of likely N-dealkylation sites (tertiary alicyclic amines) is 1. The highest BCUT2D eigenvalue weighted by Gasteiger charge is 2.26. The Balaban J connectivity index is 1.60. The van der Waals surface area contributed by atoms with Crippen LogP contribution < -0.4 is 0 Å². The molecular weight excluding hydrogens is 326 g/mol. The Morgan fingerprint density at radius 1 is 1.27 bits per heavy atom. The molecule has 2 heterocycles. The number of methoxy groups -OCH3 is 1. The van der Waals surface area contributed by atoms with Crippen molar-refractivity contribution in [2.45, 2.75) is 52.0 Å². The zero-order valence-corrected chi connectivity index (χ0v) is 16.0. The van der Waals surface area contributed by atoms with Crippen LogP contribution in [0.15, 0.2) is 24.3 Å². The van der Waals surface area contributed by atoms with Crippen LogP contribution >= 0.6 is 0 Å². The van der Waals surface area contributed by atoms with E-state index < -0.39 is 0 Å². The van der Waals surface area contributed by atoms with E-state index in [-0.39, 0.29) is 5.97 Å². The van der Waals surface area contributed by atoms with Crippen molar-refractivity contribution in [3.8, 4) is 0 Å². The van der Waals surface area contributed by atoms with Gasteiger partial charge in [-0.05, 0) is 62.8 Å². The van der Waals surface area contributed by atoms with Crippen LogP contribution in [-0.4, -0.2) is 41.3 Å². The Bertz CT molecular complexity index is 717. The molecule has 3 rings (SSSR count). The third-order valence-electron chi connectivity index (χ3n) is 5.50. The SMILES string of the molecule is COC(=O)CCc1ccc([C@@H]2CCCN2CCc2c(C)n[nH]c2C)cc1. The molecule has 1 fully saturated rings. The van der Waals surface area contributed by atoms with Crippen LogP contribution in [0, 0.1) is 13.8 Å². The number of nitrogens with zero attached hydrogens (tertiary/aromatic N) is 2. The molecule has 0 saturated carbocycles. The van der Waals surface area contributed by atoms with E-state index in [9.17, 15) is 4.79 Å². The normalized spacial score (nSPS) is 17.6. The number of aryl methyl sites for hydroxylation is 3. The van der Waals surface area contributed by atoms with E-state index in [1.807, 2.05) is 0 Å². The summed E-state index contributed by atoms with van der Waals surface area (Å²) in [6, 6.07) is 9.25. The van der Waals surface area contributed by atoms with Gasteiger partial charge >= 0.3 is 5.97 Å². The summed E-state index contributed by atoms with van der Waals surface area (Å²) in [4.78, 5) is 13.9. The number of carbonyl (C=O) groups excluding carboxylic acids is 1. The highest BCUT2D eigenvalue weighted by Crippen LogP contribution is 2.32. The van der Waals surface area contributed by atoms with Crippen LogP contribution in [-0.2, 0) is 22.4 Å². The smallest absolute Gasteiger partial charge is 0.305 e. The van der Waals surface area contributed by atoms with Crippen molar-refractivity contribution in [1.82, 2.24) is 15.1 Å². The molecule has 0 aliphatic carbocycles. The van der Waals surface area contributed by atoms with E-state index >= 15 is 0 Å². The van der Waals surface area contributed by atoms with Gasteiger partial charge < -0.3 is 4.74 Å². The number of hydrogen-bond acceptors (Lipinski definition) is 4. The van der Waals surface area contributed by atoms with Crippen molar-refractivity contribution in [2.24, 2.45) is 0 Å². The first-order valence-corrected chi connectivity index (χ1v) is 9.48. The predicted molar refractivity (Wildman–Crippen MR) is 102 cm³/mol. The number of benzene rings is 1. The highest BCUT2D eigenvalue weighted by atomic mass is 16.5. The summed E-state index contributed by atoms with van der Waals surface area (Å²) < 4.78 is 4.71. The lowest BCUT2D eigenvalue weighted by molar-refractivity contribution is -0.140. The molecule has 1 saturated heterocycles. The summed E-state index contributed by atoms with van der Waals surface area (Å²) in [7, 11) is 1.44. The molecule has 0 unspecified atom stereocenters. The first-order valence-electron chi connectivity index (χ1n) is 9.48. The molecule has 1 aliphatic rings. The number of esters is 1. The Hall–Kier alpha value is -2.14. The first kappa shape index (κ1) is 18.6. The van der Waals surface area contributed by atoms with E-state index in [1.54, 1.807) is 0 Å². The number of carbonyl (C=O) groups is 1. The number of rotatable bonds is 7. The molecule has 1 atom stereocenters. The molecule has 5 heteroatoms. The Labute approximate surface area is 155 Å². The van der Waals surface area contributed by atoms with E-state index in [0.29, 0.717) is 12.5 Å². The molecule has 1 aromatic heterocycles. The number of hydrogen-bond donors (Lipinski definition) is 1.